The van der Waals surface area contributed by atoms with Crippen LogP contribution in [0.4, 0.5) is 0 Å². The SMILES string of the molecule is [2H]C1(C(=O)NC(CC(C)C)C(=O)NCC(N)=O)CCCN1C(=O)C1CSCCCC(=O)NC(Cc2ccc(OC)cc2)C(=O)NC(C(C)CC)C(=O)NC(CCC(N)=O)C(=O)NC(CC(N)=O)C(=O)N1.[2H][C@]1(C(=O)NC(CC(C)C)C(=O)NCC(N)=O)CCCN1C(=O)C1CSCCCC(=O)NC(Cc2ccc(OC)cc2)C(=O)NC(C(C)CC)C(=O)NC(CCC(N)=O)C(=O)NC(CC(N)=O)C(=O)N1. The summed E-state index contributed by atoms with van der Waals surface area (Å²) in [6.45, 7) is 12.8. The van der Waals surface area contributed by atoms with Crippen LogP contribution < -0.4 is 118 Å². The van der Waals surface area contributed by atoms with Crippen LogP contribution in [0.2, 0.25) is 0 Å². The zero-order valence-corrected chi connectivity index (χ0v) is 81.3. The van der Waals surface area contributed by atoms with E-state index in [2.05, 4.69) is 74.4 Å². The van der Waals surface area contributed by atoms with E-state index in [4.69, 9.17) is 43.9 Å². The van der Waals surface area contributed by atoms with Crippen molar-refractivity contribution in [2.24, 2.45) is 58.1 Å². The molecule has 26 N–H and O–H groups in total. The lowest BCUT2D eigenvalue weighted by atomic mass is 9.96. The summed E-state index contributed by atoms with van der Waals surface area (Å²) in [7, 11) is 2.99. The Hall–Kier alpha value is -12.9. The minimum Gasteiger partial charge on any atom is -0.497 e. The molecule has 0 saturated carbocycles. The van der Waals surface area contributed by atoms with Crippen molar-refractivity contribution in [1.29, 1.82) is 0 Å². The van der Waals surface area contributed by atoms with E-state index >= 15 is 0 Å². The van der Waals surface area contributed by atoms with Gasteiger partial charge in [-0.1, -0.05) is 92.5 Å². The number of ether oxygens (including phenoxy) is 2. The summed E-state index contributed by atoms with van der Waals surface area (Å²) in [5, 5.41) is 35.7. The van der Waals surface area contributed by atoms with Gasteiger partial charge < -0.3 is 128 Å². The van der Waals surface area contributed by atoms with Gasteiger partial charge in [0.2, 0.25) is 130 Å². The maximum absolute atomic E-state index is 14.6. The molecule has 48 heteroatoms. The predicted molar refractivity (Wildman–Crippen MR) is 506 cm³/mol. The molecule has 4 saturated heterocycles. The molecule has 0 spiro atoms. The van der Waals surface area contributed by atoms with Gasteiger partial charge in [0.25, 0.3) is 0 Å². The average molecular weight is 1980 g/mol. The zero-order valence-electron chi connectivity index (χ0n) is 81.6. The van der Waals surface area contributed by atoms with Gasteiger partial charge in [0.05, 0.1) is 42.9 Å². The lowest BCUT2D eigenvalue weighted by molar-refractivity contribution is -0.142. The van der Waals surface area contributed by atoms with Gasteiger partial charge in [0, 0.05) is 63.1 Å². The number of carbonyl (C=O) groups is 22. The minimum atomic E-state index is -2.29. The molecule has 0 aromatic heterocycles. The summed E-state index contributed by atoms with van der Waals surface area (Å²) >= 11 is 2.25. The molecule has 22 amide bonds. The molecule has 764 valence electrons. The van der Waals surface area contributed by atoms with E-state index in [1.807, 2.05) is 0 Å². The first-order chi connectivity index (χ1) is 66.0. The summed E-state index contributed by atoms with van der Waals surface area (Å²) in [6.07, 6.45) is -2.08. The fraction of sp³-hybridized carbons (Fsp3) is 0.622. The third-order valence-corrected chi connectivity index (χ3v) is 25.1. The van der Waals surface area contributed by atoms with Crippen LogP contribution in [0.15, 0.2) is 48.5 Å². The number of amides is 22. The monoisotopic (exact) mass is 1980 g/mol. The van der Waals surface area contributed by atoms with Crippen molar-refractivity contribution >= 4 is 153 Å². The molecule has 16 atom stereocenters. The van der Waals surface area contributed by atoms with Gasteiger partial charge in [-0.2, -0.15) is 23.5 Å². The smallest absolute Gasteiger partial charge is 0.246 e. The van der Waals surface area contributed by atoms with Crippen LogP contribution in [0, 0.1) is 23.7 Å². The second-order valence-electron chi connectivity index (χ2n) is 34.9. The summed E-state index contributed by atoms with van der Waals surface area (Å²) in [4.78, 5) is 296. The molecule has 4 aliphatic rings. The molecule has 46 nitrogen and oxygen atoms in total. The highest BCUT2D eigenvalue weighted by Gasteiger charge is 2.45. The fourth-order valence-electron chi connectivity index (χ4n) is 15.0. The molecule has 6 rings (SSSR count). The molecule has 0 aliphatic carbocycles. The molecule has 15 unspecified atom stereocenters. The third-order valence-electron chi connectivity index (χ3n) is 22.8. The number of hydrogen-bond donors (Lipinski definition) is 20. The number of nitrogens with one attached hydrogen (secondary N) is 14. The topological polar surface area (TPSA) is 725 Å². The zero-order chi connectivity index (χ0) is 105. The first-order valence-electron chi connectivity index (χ1n) is 46.9. The predicted octanol–water partition coefficient (Wildman–Crippen LogP) is -5.00. The molecule has 0 bridgehead atoms. The highest BCUT2D eigenvalue weighted by molar-refractivity contribution is 7.99. The molecule has 4 heterocycles. The van der Waals surface area contributed by atoms with E-state index in [-0.39, 0.29) is 138 Å². The van der Waals surface area contributed by atoms with Crippen molar-refractivity contribution < 1.29 is 118 Å². The van der Waals surface area contributed by atoms with Crippen molar-refractivity contribution in [3.8, 4) is 11.5 Å². The molecule has 4 fully saturated rings. The lowest BCUT2D eigenvalue weighted by Gasteiger charge is -2.31. The van der Waals surface area contributed by atoms with Crippen LogP contribution in [0.25, 0.3) is 0 Å². The van der Waals surface area contributed by atoms with Gasteiger partial charge in [0.1, 0.15) is 96.0 Å². The molecule has 4 aliphatic heterocycles. The molecule has 138 heavy (non-hydrogen) atoms. The first-order valence-corrected chi connectivity index (χ1v) is 48.2. The maximum atomic E-state index is 14.6. The van der Waals surface area contributed by atoms with E-state index in [1.54, 1.807) is 104 Å². The number of methoxy groups -OCH3 is 2. The first kappa shape index (κ1) is 112. The van der Waals surface area contributed by atoms with Crippen molar-refractivity contribution in [2.45, 2.75) is 268 Å². The molecule has 2 aromatic carbocycles. The Morgan fingerprint density at radius 1 is 0.420 bits per heavy atom. The Bertz CT molecular complexity index is 4450. The number of benzene rings is 2. The van der Waals surface area contributed by atoms with Gasteiger partial charge in [0.15, 0.2) is 0 Å². The van der Waals surface area contributed by atoms with E-state index < -0.39 is 265 Å². The number of nitrogens with zero attached hydrogens (tertiary/aromatic N) is 2. The average Bonchev–Trinajstić information content (AvgIpc) is 1.63. The van der Waals surface area contributed by atoms with Gasteiger partial charge in [-0.15, -0.1) is 0 Å². The summed E-state index contributed by atoms with van der Waals surface area (Å²) in [6, 6.07) is -8.12. The number of primary amides is 6. The standard InChI is InChI=1S/2C45H69N11O12S/c2*1-6-25(4)38-44(66)51-28(15-16-34(46)57)40(62)52-31(21-35(47)58)41(63)54-32(23-69-18-8-10-37(60)50-30(42(64)55-38)20-26-11-13-27(68-5)14-12-26)45(67)56-17-7-9-33(56)43(65)53-29(19-24(2)3)39(61)49-22-36(48)59/h2*11-14,24-25,28-33,38H,6-10,15-23H2,1-5H3,(H2,46,57)(H2,47,58)(H2,48,59)(H,49,61)(H,50,60)(H,51,66)(H,52,62)(H,53,65)(H,54,63)(H,55,64)/t25?,28?,29?,30?,31?,32?,33-,38?;/m1./s1/i2*33D. The third kappa shape index (κ3) is 39.7. The van der Waals surface area contributed by atoms with E-state index in [0.29, 0.717) is 35.5 Å². The van der Waals surface area contributed by atoms with E-state index in [1.165, 1.54) is 14.2 Å². The van der Waals surface area contributed by atoms with Crippen LogP contribution in [0.5, 0.6) is 11.5 Å². The second-order valence-corrected chi connectivity index (χ2v) is 37.2. The van der Waals surface area contributed by atoms with Gasteiger partial charge >= 0.3 is 0 Å². The van der Waals surface area contributed by atoms with Crippen LogP contribution in [0.3, 0.4) is 0 Å². The maximum Gasteiger partial charge on any atom is 0.246 e. The van der Waals surface area contributed by atoms with Crippen LogP contribution >= 0.6 is 23.5 Å². The van der Waals surface area contributed by atoms with Crippen molar-refractivity contribution in [1.82, 2.24) is 84.2 Å². The van der Waals surface area contributed by atoms with Crippen molar-refractivity contribution in [3.05, 3.63) is 59.7 Å². The molecule has 2 aromatic rings. The number of thioether (sulfide) groups is 2. The van der Waals surface area contributed by atoms with Crippen LogP contribution in [-0.4, -0.2) is 288 Å². The fourth-order valence-corrected chi connectivity index (χ4v) is 16.9. The van der Waals surface area contributed by atoms with Gasteiger partial charge in [-0.05, 0) is 135 Å². The largest absolute Gasteiger partial charge is 0.497 e. The highest BCUT2D eigenvalue weighted by Crippen LogP contribution is 2.26. The normalized spacial score (nSPS) is 24.4. The van der Waals surface area contributed by atoms with Gasteiger partial charge in [-0.3, -0.25) is 105 Å². The molecule has 0 radical (unpaired) electrons. The minimum absolute atomic E-state index is 0.00638. The lowest BCUT2D eigenvalue weighted by Crippen LogP contribution is -2.61. The van der Waals surface area contributed by atoms with Crippen molar-refractivity contribution in [2.75, 3.05) is 63.4 Å². The quantitative estimate of drug-likeness (QED) is 0.0304. The van der Waals surface area contributed by atoms with Crippen molar-refractivity contribution in [3.63, 3.8) is 0 Å². The number of likely N-dealkylation sites (tertiary alicyclic amines) is 2. The van der Waals surface area contributed by atoms with Crippen LogP contribution in [-0.2, 0) is 118 Å². The summed E-state index contributed by atoms with van der Waals surface area (Å²) in [5.74, 6) is -19.5. The number of carbonyl (C=O) groups excluding carboxylic acids is 22. The van der Waals surface area contributed by atoms with E-state index in [9.17, 15) is 108 Å². The molecular formula is C90H138N22O24S2. The van der Waals surface area contributed by atoms with E-state index in [0.717, 1.165) is 33.3 Å². The Morgan fingerprint density at radius 2 is 0.746 bits per heavy atom. The Kier molecular flexibility index (Phi) is 47.6. The summed E-state index contributed by atoms with van der Waals surface area (Å²) in [5.41, 5.74) is 33.5. The number of rotatable bonds is 36. The number of hydrogen-bond acceptors (Lipinski definition) is 26. The van der Waals surface area contributed by atoms with Gasteiger partial charge in [-0.25, -0.2) is 0 Å². The Morgan fingerprint density at radius 3 is 1.05 bits per heavy atom. The highest BCUT2D eigenvalue weighted by atomic mass is 32.2. The Labute approximate surface area is 812 Å². The van der Waals surface area contributed by atoms with Crippen LogP contribution in [0.1, 0.15) is 185 Å². The molecular weight excluding hydrogens is 1840 g/mol. The summed E-state index contributed by atoms with van der Waals surface area (Å²) < 4.78 is 29.1. The second kappa shape index (κ2) is 58.6. The number of nitrogens with two attached hydrogens (primary N) is 6. The Balaban J connectivity index is 0.000000494.